The van der Waals surface area contributed by atoms with Crippen LogP contribution in [-0.2, 0) is 13.0 Å². The van der Waals surface area contributed by atoms with Crippen molar-refractivity contribution < 1.29 is 14.2 Å². The maximum atomic E-state index is 5.47. The Bertz CT molecular complexity index is 822. The topological polar surface area (TPSA) is 77.0 Å². The van der Waals surface area contributed by atoms with Gasteiger partial charge in [-0.2, -0.15) is 0 Å². The van der Waals surface area contributed by atoms with Gasteiger partial charge in [0.05, 0.1) is 33.6 Å². The number of methoxy groups -OCH3 is 3. The van der Waals surface area contributed by atoms with Crippen LogP contribution in [0.5, 0.6) is 17.2 Å². The molecule has 0 aliphatic heterocycles. The highest BCUT2D eigenvalue weighted by molar-refractivity contribution is 5.79. The fourth-order valence-electron chi connectivity index (χ4n) is 3.00. The number of benzene rings is 1. The molecule has 0 saturated carbocycles. The Morgan fingerprint density at radius 3 is 2.43 bits per heavy atom. The summed E-state index contributed by atoms with van der Waals surface area (Å²) in [7, 11) is 6.71. The average molecular weight is 386 g/mol. The Labute approximate surface area is 167 Å². The van der Waals surface area contributed by atoms with Gasteiger partial charge in [0.25, 0.3) is 0 Å². The van der Waals surface area contributed by atoms with E-state index in [1.807, 2.05) is 38.2 Å². The Hall–Kier alpha value is -2.96. The normalized spacial score (nSPS) is 11.1. The largest absolute Gasteiger partial charge is 0.496 e. The third-order valence-electron chi connectivity index (χ3n) is 4.55. The second kappa shape index (κ2) is 10.4. The standard InChI is InChI=1S/C21H30N4O3/c1-14-12-24-17(15(2)20(14)28-6)13-25-21(22-3)23-10-9-16-7-8-18(26-4)19(11-16)27-5/h7-8,11-12H,9-10,13H2,1-6H3,(H2,22,23,25). The van der Waals surface area contributed by atoms with Crippen molar-refractivity contribution in [2.45, 2.75) is 26.8 Å². The maximum absolute atomic E-state index is 5.47. The van der Waals surface area contributed by atoms with Crippen LogP contribution in [0.4, 0.5) is 0 Å². The first-order valence-corrected chi connectivity index (χ1v) is 9.18. The van der Waals surface area contributed by atoms with E-state index in [4.69, 9.17) is 14.2 Å². The Morgan fingerprint density at radius 2 is 1.79 bits per heavy atom. The summed E-state index contributed by atoms with van der Waals surface area (Å²) < 4.78 is 16.1. The first-order valence-electron chi connectivity index (χ1n) is 9.18. The predicted octanol–water partition coefficient (Wildman–Crippen LogP) is 2.63. The van der Waals surface area contributed by atoms with Gasteiger partial charge in [-0.15, -0.1) is 0 Å². The highest BCUT2D eigenvalue weighted by atomic mass is 16.5. The molecule has 0 aliphatic carbocycles. The number of aromatic nitrogens is 1. The van der Waals surface area contributed by atoms with Crippen molar-refractivity contribution in [3.63, 3.8) is 0 Å². The summed E-state index contributed by atoms with van der Waals surface area (Å²) in [5.74, 6) is 3.06. The number of pyridine rings is 1. The third kappa shape index (κ3) is 5.28. The molecule has 0 atom stereocenters. The quantitative estimate of drug-likeness (QED) is 0.537. The smallest absolute Gasteiger partial charge is 0.191 e. The van der Waals surface area contributed by atoms with Crippen LogP contribution >= 0.6 is 0 Å². The van der Waals surface area contributed by atoms with Gasteiger partial charge in [0.2, 0.25) is 0 Å². The van der Waals surface area contributed by atoms with E-state index in [-0.39, 0.29) is 0 Å². The molecule has 0 radical (unpaired) electrons. The minimum Gasteiger partial charge on any atom is -0.496 e. The maximum Gasteiger partial charge on any atom is 0.191 e. The fourth-order valence-corrected chi connectivity index (χ4v) is 3.00. The molecule has 2 aromatic rings. The zero-order valence-electron chi connectivity index (χ0n) is 17.5. The van der Waals surface area contributed by atoms with Crippen molar-refractivity contribution in [3.05, 3.63) is 46.8 Å². The summed E-state index contributed by atoms with van der Waals surface area (Å²) in [6, 6.07) is 5.94. The molecule has 0 aliphatic rings. The Kier molecular flexibility index (Phi) is 7.92. The SMILES string of the molecule is CN=C(NCCc1ccc(OC)c(OC)c1)NCc1ncc(C)c(OC)c1C. The minimum atomic E-state index is 0.568. The summed E-state index contributed by atoms with van der Waals surface area (Å²) in [4.78, 5) is 8.78. The number of hydrogen-bond acceptors (Lipinski definition) is 5. The van der Waals surface area contributed by atoms with Gasteiger partial charge < -0.3 is 24.8 Å². The van der Waals surface area contributed by atoms with Gasteiger partial charge in [-0.1, -0.05) is 6.07 Å². The summed E-state index contributed by atoms with van der Waals surface area (Å²) in [5, 5.41) is 6.62. The van der Waals surface area contributed by atoms with Crippen LogP contribution in [-0.4, -0.2) is 45.9 Å². The van der Waals surface area contributed by atoms with Crippen molar-refractivity contribution in [3.8, 4) is 17.2 Å². The molecule has 1 aromatic heterocycles. The van der Waals surface area contributed by atoms with Crippen molar-refractivity contribution in [2.75, 3.05) is 34.9 Å². The molecule has 0 amide bonds. The monoisotopic (exact) mass is 386 g/mol. The number of nitrogens with one attached hydrogen (secondary N) is 2. The molecular formula is C21H30N4O3. The fraction of sp³-hybridized carbons (Fsp3) is 0.429. The Balaban J connectivity index is 1.90. The third-order valence-corrected chi connectivity index (χ3v) is 4.55. The molecule has 2 N–H and O–H groups in total. The molecule has 0 fully saturated rings. The summed E-state index contributed by atoms with van der Waals surface area (Å²) >= 11 is 0. The molecule has 2 rings (SSSR count). The first-order chi connectivity index (χ1) is 13.5. The van der Waals surface area contributed by atoms with E-state index in [9.17, 15) is 0 Å². The minimum absolute atomic E-state index is 0.568. The van der Waals surface area contributed by atoms with Crippen molar-refractivity contribution in [1.82, 2.24) is 15.6 Å². The lowest BCUT2D eigenvalue weighted by atomic mass is 10.1. The van der Waals surface area contributed by atoms with E-state index < -0.39 is 0 Å². The van der Waals surface area contributed by atoms with Crippen molar-refractivity contribution >= 4 is 5.96 Å². The second-order valence-electron chi connectivity index (χ2n) is 6.34. The van der Waals surface area contributed by atoms with E-state index in [0.717, 1.165) is 58.6 Å². The summed E-state index contributed by atoms with van der Waals surface area (Å²) in [6.07, 6.45) is 2.66. The lowest BCUT2D eigenvalue weighted by Crippen LogP contribution is -2.38. The molecule has 0 unspecified atom stereocenters. The van der Waals surface area contributed by atoms with Crippen LogP contribution in [0.15, 0.2) is 29.4 Å². The zero-order chi connectivity index (χ0) is 20.5. The Morgan fingerprint density at radius 1 is 1.04 bits per heavy atom. The second-order valence-corrected chi connectivity index (χ2v) is 6.34. The van der Waals surface area contributed by atoms with Crippen LogP contribution in [0.1, 0.15) is 22.4 Å². The molecule has 28 heavy (non-hydrogen) atoms. The molecule has 7 nitrogen and oxygen atoms in total. The number of aryl methyl sites for hydroxylation is 1. The highest BCUT2D eigenvalue weighted by Gasteiger charge is 2.10. The van der Waals surface area contributed by atoms with Crippen LogP contribution in [0.25, 0.3) is 0 Å². The van der Waals surface area contributed by atoms with E-state index in [1.54, 1.807) is 28.4 Å². The molecule has 152 valence electrons. The number of aliphatic imine (C=N–C) groups is 1. The van der Waals surface area contributed by atoms with Gasteiger partial charge >= 0.3 is 0 Å². The number of rotatable bonds is 8. The van der Waals surface area contributed by atoms with Gasteiger partial charge in [0.1, 0.15) is 5.75 Å². The van der Waals surface area contributed by atoms with Crippen LogP contribution in [0, 0.1) is 13.8 Å². The van der Waals surface area contributed by atoms with Crippen molar-refractivity contribution in [2.24, 2.45) is 4.99 Å². The van der Waals surface area contributed by atoms with Crippen LogP contribution in [0.2, 0.25) is 0 Å². The average Bonchev–Trinajstić information content (AvgIpc) is 2.71. The predicted molar refractivity (Wildman–Crippen MR) is 112 cm³/mol. The lowest BCUT2D eigenvalue weighted by molar-refractivity contribution is 0.354. The van der Waals surface area contributed by atoms with E-state index >= 15 is 0 Å². The molecule has 1 aromatic carbocycles. The highest BCUT2D eigenvalue weighted by Crippen LogP contribution is 2.27. The number of ether oxygens (including phenoxy) is 3. The van der Waals surface area contributed by atoms with Crippen LogP contribution in [0.3, 0.4) is 0 Å². The van der Waals surface area contributed by atoms with E-state index in [1.165, 1.54) is 0 Å². The molecule has 0 bridgehead atoms. The van der Waals surface area contributed by atoms with E-state index in [0.29, 0.717) is 6.54 Å². The first kappa shape index (κ1) is 21.3. The van der Waals surface area contributed by atoms with Gasteiger partial charge in [-0.25, -0.2) is 0 Å². The molecular weight excluding hydrogens is 356 g/mol. The van der Waals surface area contributed by atoms with Gasteiger partial charge in [0, 0.05) is 30.9 Å². The number of nitrogens with zero attached hydrogens (tertiary/aromatic N) is 2. The van der Waals surface area contributed by atoms with Gasteiger partial charge in [-0.05, 0) is 38.0 Å². The molecule has 0 saturated heterocycles. The van der Waals surface area contributed by atoms with E-state index in [2.05, 4.69) is 20.6 Å². The number of hydrogen-bond donors (Lipinski definition) is 2. The summed E-state index contributed by atoms with van der Waals surface area (Å²) in [6.45, 7) is 5.31. The number of guanidine groups is 1. The lowest BCUT2D eigenvalue weighted by Gasteiger charge is -2.15. The molecule has 7 heteroatoms. The zero-order valence-corrected chi connectivity index (χ0v) is 17.5. The van der Waals surface area contributed by atoms with Gasteiger partial charge in [0.15, 0.2) is 17.5 Å². The van der Waals surface area contributed by atoms with Gasteiger partial charge in [-0.3, -0.25) is 9.98 Å². The van der Waals surface area contributed by atoms with Crippen molar-refractivity contribution in [1.29, 1.82) is 0 Å². The van der Waals surface area contributed by atoms with Crippen LogP contribution < -0.4 is 24.8 Å². The molecule has 0 spiro atoms. The summed E-state index contributed by atoms with van der Waals surface area (Å²) in [5.41, 5.74) is 4.16. The molecule has 1 heterocycles.